The third-order valence-corrected chi connectivity index (χ3v) is 6.51. The van der Waals surface area contributed by atoms with Gasteiger partial charge in [0.05, 0.1) is 19.0 Å². The highest BCUT2D eigenvalue weighted by atomic mass is 32.2. The monoisotopic (exact) mass is 391 g/mol. The predicted molar refractivity (Wildman–Crippen MR) is 105 cm³/mol. The lowest BCUT2D eigenvalue weighted by molar-refractivity contribution is 0.184. The zero-order valence-corrected chi connectivity index (χ0v) is 16.0. The second-order valence-corrected chi connectivity index (χ2v) is 8.81. The first-order valence-electron chi connectivity index (χ1n) is 8.23. The van der Waals surface area contributed by atoms with Crippen LogP contribution in [0, 0.1) is 0 Å². The van der Waals surface area contributed by atoms with E-state index in [0.717, 1.165) is 27.0 Å². The molecule has 1 aromatic heterocycles. The number of aryl methyl sites for hydroxylation is 1. The van der Waals surface area contributed by atoms with E-state index in [0.29, 0.717) is 6.42 Å². The molecule has 2 N–H and O–H groups in total. The normalized spacial score (nSPS) is 13.0. The molecule has 0 fully saturated rings. The Balaban J connectivity index is 1.57. The van der Waals surface area contributed by atoms with Crippen molar-refractivity contribution < 1.29 is 18.3 Å². The van der Waals surface area contributed by atoms with Gasteiger partial charge in [-0.15, -0.1) is 11.3 Å². The van der Waals surface area contributed by atoms with Crippen LogP contribution in [-0.4, -0.2) is 32.9 Å². The molecule has 0 saturated heterocycles. The summed E-state index contributed by atoms with van der Waals surface area (Å²) in [5.74, 6) is 0.706. The van der Waals surface area contributed by atoms with E-state index in [9.17, 15) is 13.5 Å². The van der Waals surface area contributed by atoms with Crippen LogP contribution in [0.25, 0.3) is 10.1 Å². The highest BCUT2D eigenvalue weighted by Gasteiger charge is 2.17. The van der Waals surface area contributed by atoms with Crippen molar-refractivity contribution in [2.75, 3.05) is 19.4 Å². The second-order valence-electron chi connectivity index (χ2n) is 5.97. The highest BCUT2D eigenvalue weighted by molar-refractivity contribution is 7.89. The number of thiophene rings is 1. The fraction of sp³-hybridized carbons (Fsp3) is 0.263. The van der Waals surface area contributed by atoms with E-state index >= 15 is 0 Å². The first kappa shape index (κ1) is 18.8. The summed E-state index contributed by atoms with van der Waals surface area (Å²) in [5, 5.41) is 13.2. The third kappa shape index (κ3) is 4.62. The smallest absolute Gasteiger partial charge is 0.212 e. The maximum absolute atomic E-state index is 12.2. The molecule has 5 nitrogen and oxygen atoms in total. The predicted octanol–water partition coefficient (Wildman–Crippen LogP) is 3.11. The summed E-state index contributed by atoms with van der Waals surface area (Å²) in [6.07, 6.45) is -0.474. The maximum atomic E-state index is 12.2. The zero-order chi connectivity index (χ0) is 18.6. The van der Waals surface area contributed by atoms with Gasteiger partial charge in [0, 0.05) is 16.8 Å². The summed E-state index contributed by atoms with van der Waals surface area (Å²) in [5.41, 5.74) is 1.67. The first-order chi connectivity index (χ1) is 12.5. The number of sulfonamides is 1. The summed E-state index contributed by atoms with van der Waals surface area (Å²) in [4.78, 5) is 0. The molecule has 3 aromatic rings. The Morgan fingerprint density at radius 3 is 2.62 bits per heavy atom. The lowest BCUT2D eigenvalue weighted by Gasteiger charge is -2.12. The van der Waals surface area contributed by atoms with Gasteiger partial charge < -0.3 is 9.84 Å². The van der Waals surface area contributed by atoms with Gasteiger partial charge in [0.1, 0.15) is 5.75 Å². The maximum Gasteiger partial charge on any atom is 0.212 e. The van der Waals surface area contributed by atoms with Crippen LogP contribution in [0.4, 0.5) is 0 Å². The summed E-state index contributed by atoms with van der Waals surface area (Å²) in [7, 11) is -1.88. The summed E-state index contributed by atoms with van der Waals surface area (Å²) in [6.45, 7) is -0.0360. The number of methoxy groups -OCH3 is 1. The lowest BCUT2D eigenvalue weighted by Crippen LogP contribution is -2.31. The van der Waals surface area contributed by atoms with E-state index in [1.165, 1.54) is 11.3 Å². The van der Waals surface area contributed by atoms with Crippen molar-refractivity contribution in [1.82, 2.24) is 4.72 Å². The van der Waals surface area contributed by atoms with E-state index in [4.69, 9.17) is 4.74 Å². The van der Waals surface area contributed by atoms with Crippen LogP contribution >= 0.6 is 11.3 Å². The van der Waals surface area contributed by atoms with Gasteiger partial charge in [0.15, 0.2) is 0 Å². The van der Waals surface area contributed by atoms with Gasteiger partial charge in [-0.05, 0) is 40.9 Å². The molecule has 26 heavy (non-hydrogen) atoms. The molecule has 1 heterocycles. The van der Waals surface area contributed by atoms with Crippen LogP contribution in [0.2, 0.25) is 0 Å². The summed E-state index contributed by atoms with van der Waals surface area (Å²) < 4.78 is 33.1. The van der Waals surface area contributed by atoms with Gasteiger partial charge >= 0.3 is 0 Å². The van der Waals surface area contributed by atoms with Gasteiger partial charge in [-0.25, -0.2) is 13.1 Å². The molecular formula is C19H21NO4S2. The quantitative estimate of drug-likeness (QED) is 0.619. The average molecular weight is 392 g/mol. The van der Waals surface area contributed by atoms with E-state index in [-0.39, 0.29) is 12.3 Å². The SMILES string of the molecule is COc1ccc(CCS(=O)(=O)NC[C@@H](O)c2csc3ccccc23)cc1. The topological polar surface area (TPSA) is 75.6 Å². The fourth-order valence-corrected chi connectivity index (χ4v) is 4.76. The van der Waals surface area contributed by atoms with Crippen molar-refractivity contribution >= 4 is 31.4 Å². The van der Waals surface area contributed by atoms with E-state index in [2.05, 4.69) is 4.72 Å². The number of nitrogens with one attached hydrogen (secondary N) is 1. The number of rotatable bonds is 8. The van der Waals surface area contributed by atoms with Crippen LogP contribution in [0.3, 0.4) is 0 Å². The number of fused-ring (bicyclic) bond motifs is 1. The minimum absolute atomic E-state index is 0.0313. The molecule has 0 unspecified atom stereocenters. The van der Waals surface area contributed by atoms with E-state index in [1.54, 1.807) is 19.2 Å². The standard InChI is InChI=1S/C19H21NO4S2/c1-24-15-8-6-14(7-9-15)10-11-26(22,23)20-12-18(21)17-13-25-19-5-3-2-4-16(17)19/h2-9,13,18,20-21H,10-12H2,1H3/t18-/m1/s1. The molecule has 0 radical (unpaired) electrons. The molecule has 2 aromatic carbocycles. The Morgan fingerprint density at radius 2 is 1.88 bits per heavy atom. The molecule has 0 saturated carbocycles. The van der Waals surface area contributed by atoms with Crippen molar-refractivity contribution in [2.45, 2.75) is 12.5 Å². The van der Waals surface area contributed by atoms with Crippen LogP contribution < -0.4 is 9.46 Å². The molecule has 7 heteroatoms. The van der Waals surface area contributed by atoms with Crippen LogP contribution in [0.15, 0.2) is 53.9 Å². The summed E-state index contributed by atoms with van der Waals surface area (Å²) >= 11 is 1.54. The molecule has 0 aliphatic rings. The number of aliphatic hydroxyl groups excluding tert-OH is 1. The molecule has 3 rings (SSSR count). The molecule has 138 valence electrons. The van der Waals surface area contributed by atoms with Crippen molar-refractivity contribution in [1.29, 1.82) is 0 Å². The number of hydrogen-bond acceptors (Lipinski definition) is 5. The number of aliphatic hydroxyl groups is 1. The van der Waals surface area contributed by atoms with Crippen molar-refractivity contribution in [3.05, 3.63) is 65.0 Å². The Kier molecular flexibility index (Phi) is 5.93. The van der Waals surface area contributed by atoms with Crippen LogP contribution in [0.5, 0.6) is 5.75 Å². The molecule has 1 atom stereocenters. The van der Waals surface area contributed by atoms with Crippen molar-refractivity contribution in [3.8, 4) is 5.75 Å². The minimum atomic E-state index is -3.47. The summed E-state index contributed by atoms with van der Waals surface area (Å²) in [6, 6.07) is 15.1. The lowest BCUT2D eigenvalue weighted by atomic mass is 10.1. The van der Waals surface area contributed by atoms with E-state index < -0.39 is 16.1 Å². The molecule has 0 bridgehead atoms. The molecular weight excluding hydrogens is 370 g/mol. The molecule has 0 aliphatic heterocycles. The third-order valence-electron chi connectivity index (χ3n) is 4.19. The second kappa shape index (κ2) is 8.18. The Hall–Kier alpha value is -1.93. The average Bonchev–Trinajstić information content (AvgIpc) is 3.09. The first-order valence-corrected chi connectivity index (χ1v) is 10.8. The van der Waals surface area contributed by atoms with Gasteiger partial charge in [-0.1, -0.05) is 30.3 Å². The molecule has 0 aliphatic carbocycles. The van der Waals surface area contributed by atoms with E-state index in [1.807, 2.05) is 41.8 Å². The Bertz CT molecular complexity index is 965. The van der Waals surface area contributed by atoms with Gasteiger partial charge in [0.25, 0.3) is 0 Å². The number of hydrogen-bond donors (Lipinski definition) is 2. The van der Waals surface area contributed by atoms with Crippen molar-refractivity contribution in [3.63, 3.8) is 0 Å². The molecule has 0 amide bonds. The minimum Gasteiger partial charge on any atom is -0.497 e. The Labute approximate surface area is 157 Å². The highest BCUT2D eigenvalue weighted by Crippen LogP contribution is 2.29. The molecule has 0 spiro atoms. The number of benzene rings is 2. The number of ether oxygens (including phenoxy) is 1. The Morgan fingerprint density at radius 1 is 1.15 bits per heavy atom. The largest absolute Gasteiger partial charge is 0.497 e. The van der Waals surface area contributed by atoms with Gasteiger partial charge in [-0.2, -0.15) is 0 Å². The fourth-order valence-electron chi connectivity index (χ4n) is 2.69. The van der Waals surface area contributed by atoms with Gasteiger partial charge in [0.2, 0.25) is 10.0 Å². The van der Waals surface area contributed by atoms with Crippen LogP contribution in [-0.2, 0) is 16.4 Å². The van der Waals surface area contributed by atoms with Crippen LogP contribution in [0.1, 0.15) is 17.2 Å². The van der Waals surface area contributed by atoms with Gasteiger partial charge in [-0.3, -0.25) is 0 Å². The van der Waals surface area contributed by atoms with Crippen molar-refractivity contribution in [2.24, 2.45) is 0 Å². The zero-order valence-electron chi connectivity index (χ0n) is 14.4.